The summed E-state index contributed by atoms with van der Waals surface area (Å²) in [4.78, 5) is 8.75. The highest BCUT2D eigenvalue weighted by Gasteiger charge is 2.11. The molecule has 3 aromatic rings. The van der Waals surface area contributed by atoms with Crippen LogP contribution in [0.4, 0.5) is 0 Å². The second-order valence-electron chi connectivity index (χ2n) is 4.72. The molecule has 0 bridgehead atoms. The lowest BCUT2D eigenvalue weighted by atomic mass is 10.2. The lowest BCUT2D eigenvalue weighted by molar-refractivity contribution is 1.08. The number of fused-ring (bicyclic) bond motifs is 1. The summed E-state index contributed by atoms with van der Waals surface area (Å²) in [5.41, 5.74) is 9.48. The van der Waals surface area contributed by atoms with E-state index < -0.39 is 0 Å². The molecule has 3 rings (SSSR count). The Morgan fingerprint density at radius 2 is 2.10 bits per heavy atom. The normalized spacial score (nSPS) is 11.0. The molecule has 0 aliphatic heterocycles. The van der Waals surface area contributed by atoms with E-state index >= 15 is 0 Å². The Labute approximate surface area is 134 Å². The maximum absolute atomic E-state index is 7.67. The number of halogens is 1. The molecule has 21 heavy (non-hydrogen) atoms. The van der Waals surface area contributed by atoms with Crippen molar-refractivity contribution in [3.8, 4) is 0 Å². The SMILES string of the molecule is Cc1ccc2nc(Sc3cc(Br)ccc3C(=N)N)[nH]c2c1. The maximum Gasteiger partial charge on any atom is 0.171 e. The van der Waals surface area contributed by atoms with E-state index in [-0.39, 0.29) is 5.84 Å². The van der Waals surface area contributed by atoms with Crippen molar-refractivity contribution in [2.24, 2.45) is 5.73 Å². The number of nitrogens with one attached hydrogen (secondary N) is 2. The van der Waals surface area contributed by atoms with Crippen LogP contribution < -0.4 is 5.73 Å². The van der Waals surface area contributed by atoms with Crippen LogP contribution in [0.2, 0.25) is 0 Å². The van der Waals surface area contributed by atoms with Gasteiger partial charge in [-0.3, -0.25) is 5.41 Å². The second kappa shape index (κ2) is 5.54. The van der Waals surface area contributed by atoms with Gasteiger partial charge in [-0.05, 0) is 42.8 Å². The Balaban J connectivity index is 2.02. The number of rotatable bonds is 3. The molecule has 0 spiro atoms. The van der Waals surface area contributed by atoms with E-state index in [1.807, 2.05) is 30.3 Å². The Kier molecular flexibility index (Phi) is 3.73. The Morgan fingerprint density at radius 1 is 1.29 bits per heavy atom. The molecule has 1 aromatic heterocycles. The molecule has 1 heterocycles. The van der Waals surface area contributed by atoms with Crippen molar-refractivity contribution in [3.63, 3.8) is 0 Å². The summed E-state index contributed by atoms with van der Waals surface area (Å²) in [6, 6.07) is 11.8. The molecule has 106 valence electrons. The number of aryl methyl sites for hydroxylation is 1. The van der Waals surface area contributed by atoms with Gasteiger partial charge in [-0.15, -0.1) is 0 Å². The third-order valence-electron chi connectivity index (χ3n) is 3.06. The molecule has 0 aliphatic carbocycles. The summed E-state index contributed by atoms with van der Waals surface area (Å²) in [7, 11) is 0. The first-order valence-corrected chi connectivity index (χ1v) is 7.92. The largest absolute Gasteiger partial charge is 0.384 e. The maximum atomic E-state index is 7.67. The van der Waals surface area contributed by atoms with Crippen molar-refractivity contribution in [2.75, 3.05) is 0 Å². The van der Waals surface area contributed by atoms with E-state index in [9.17, 15) is 0 Å². The van der Waals surface area contributed by atoms with Crippen LogP contribution >= 0.6 is 27.7 Å². The zero-order chi connectivity index (χ0) is 15.0. The fourth-order valence-corrected chi connectivity index (χ4v) is 3.56. The van der Waals surface area contributed by atoms with Gasteiger partial charge in [0.2, 0.25) is 0 Å². The van der Waals surface area contributed by atoms with Crippen LogP contribution in [-0.2, 0) is 0 Å². The topological polar surface area (TPSA) is 78.6 Å². The van der Waals surface area contributed by atoms with E-state index in [1.165, 1.54) is 17.3 Å². The number of H-pyrrole nitrogens is 1. The molecule has 6 heteroatoms. The predicted molar refractivity (Wildman–Crippen MR) is 90.1 cm³/mol. The van der Waals surface area contributed by atoms with Gasteiger partial charge in [0.05, 0.1) is 11.0 Å². The zero-order valence-corrected chi connectivity index (χ0v) is 13.7. The van der Waals surface area contributed by atoms with Gasteiger partial charge < -0.3 is 10.7 Å². The molecule has 0 aliphatic rings. The van der Waals surface area contributed by atoms with Crippen molar-refractivity contribution in [1.82, 2.24) is 9.97 Å². The van der Waals surface area contributed by atoms with E-state index in [0.29, 0.717) is 5.56 Å². The summed E-state index contributed by atoms with van der Waals surface area (Å²) in [6.45, 7) is 2.05. The highest BCUT2D eigenvalue weighted by molar-refractivity contribution is 9.10. The van der Waals surface area contributed by atoms with Gasteiger partial charge in [-0.25, -0.2) is 4.98 Å². The molecule has 0 unspecified atom stereocenters. The molecule has 0 amide bonds. The highest BCUT2D eigenvalue weighted by Crippen LogP contribution is 2.32. The summed E-state index contributed by atoms with van der Waals surface area (Å²) in [6.07, 6.45) is 0. The van der Waals surface area contributed by atoms with Crippen LogP contribution in [0.25, 0.3) is 11.0 Å². The van der Waals surface area contributed by atoms with Crippen molar-refractivity contribution in [1.29, 1.82) is 5.41 Å². The predicted octanol–water partition coefficient (Wildman–Crippen LogP) is 4.07. The second-order valence-corrected chi connectivity index (χ2v) is 6.67. The van der Waals surface area contributed by atoms with E-state index in [4.69, 9.17) is 11.1 Å². The lowest BCUT2D eigenvalue weighted by Crippen LogP contribution is -2.12. The number of nitrogens with two attached hydrogens (primary N) is 1. The molecule has 0 saturated carbocycles. The van der Waals surface area contributed by atoms with Gasteiger partial charge in [0.1, 0.15) is 5.84 Å². The first-order valence-electron chi connectivity index (χ1n) is 6.31. The number of nitrogen functional groups attached to an aromatic ring is 1. The molecule has 0 radical (unpaired) electrons. The average Bonchev–Trinajstić information content (AvgIpc) is 2.79. The van der Waals surface area contributed by atoms with Crippen molar-refractivity contribution >= 4 is 44.6 Å². The molecular weight excluding hydrogens is 348 g/mol. The monoisotopic (exact) mass is 360 g/mol. The number of hydrogen-bond donors (Lipinski definition) is 3. The number of hydrogen-bond acceptors (Lipinski definition) is 3. The molecule has 2 aromatic carbocycles. The van der Waals surface area contributed by atoms with Crippen molar-refractivity contribution < 1.29 is 0 Å². The standard InChI is InChI=1S/C15H13BrN4S/c1-8-2-5-11-12(6-8)20-15(19-11)21-13-7-9(16)3-4-10(13)14(17)18/h2-7H,1H3,(H3,17,18)(H,19,20). The van der Waals surface area contributed by atoms with E-state index in [2.05, 4.69) is 38.9 Å². The fraction of sp³-hybridized carbons (Fsp3) is 0.0667. The number of nitrogens with zero attached hydrogens (tertiary/aromatic N) is 1. The minimum Gasteiger partial charge on any atom is -0.384 e. The van der Waals surface area contributed by atoms with Gasteiger partial charge in [-0.2, -0.15) is 0 Å². The average molecular weight is 361 g/mol. The van der Waals surface area contributed by atoms with Crippen LogP contribution in [0, 0.1) is 12.3 Å². The Bertz CT molecular complexity index is 841. The van der Waals surface area contributed by atoms with Crippen LogP contribution in [0.1, 0.15) is 11.1 Å². The van der Waals surface area contributed by atoms with Crippen LogP contribution in [0.5, 0.6) is 0 Å². The van der Waals surface area contributed by atoms with Crippen LogP contribution in [0.3, 0.4) is 0 Å². The molecular formula is C15H13BrN4S. The summed E-state index contributed by atoms with van der Waals surface area (Å²) in [5, 5.41) is 8.45. The minimum absolute atomic E-state index is 0.0527. The van der Waals surface area contributed by atoms with Crippen LogP contribution in [-0.4, -0.2) is 15.8 Å². The third-order valence-corrected chi connectivity index (χ3v) is 4.49. The first kappa shape index (κ1) is 14.2. The van der Waals surface area contributed by atoms with Gasteiger partial charge >= 0.3 is 0 Å². The quantitative estimate of drug-likeness (QED) is 0.486. The zero-order valence-electron chi connectivity index (χ0n) is 11.3. The molecule has 0 saturated heterocycles. The highest BCUT2D eigenvalue weighted by atomic mass is 79.9. The fourth-order valence-electron chi connectivity index (χ4n) is 2.06. The Morgan fingerprint density at radius 3 is 2.86 bits per heavy atom. The smallest absolute Gasteiger partial charge is 0.171 e. The molecule has 4 N–H and O–H groups in total. The number of imidazole rings is 1. The summed E-state index contributed by atoms with van der Waals surface area (Å²) >= 11 is 4.92. The summed E-state index contributed by atoms with van der Waals surface area (Å²) in [5.74, 6) is 0.0527. The van der Waals surface area contributed by atoms with Gasteiger partial charge in [0.15, 0.2) is 5.16 Å². The molecule has 4 nitrogen and oxygen atoms in total. The van der Waals surface area contributed by atoms with Crippen molar-refractivity contribution in [3.05, 3.63) is 52.0 Å². The van der Waals surface area contributed by atoms with Gasteiger partial charge in [0.25, 0.3) is 0 Å². The van der Waals surface area contributed by atoms with E-state index in [0.717, 1.165) is 25.6 Å². The number of aromatic amines is 1. The van der Waals surface area contributed by atoms with Crippen molar-refractivity contribution in [2.45, 2.75) is 17.0 Å². The molecule has 0 fully saturated rings. The molecule has 0 atom stereocenters. The summed E-state index contributed by atoms with van der Waals surface area (Å²) < 4.78 is 0.946. The lowest BCUT2D eigenvalue weighted by Gasteiger charge is -2.06. The van der Waals surface area contributed by atoms with Gasteiger partial charge in [-0.1, -0.05) is 33.8 Å². The first-order chi connectivity index (χ1) is 10.0. The number of benzene rings is 2. The minimum atomic E-state index is 0.0527. The van der Waals surface area contributed by atoms with Gasteiger partial charge in [0, 0.05) is 14.9 Å². The van der Waals surface area contributed by atoms with Crippen LogP contribution in [0.15, 0.2) is 50.9 Å². The van der Waals surface area contributed by atoms with E-state index in [1.54, 1.807) is 0 Å². The number of amidine groups is 1. The Hall–Kier alpha value is -1.79. The third kappa shape index (κ3) is 2.96. The number of aromatic nitrogens is 2.